The minimum Gasteiger partial charge on any atom is -0.356 e. The van der Waals surface area contributed by atoms with Gasteiger partial charge in [-0.1, -0.05) is 12.8 Å². The summed E-state index contributed by atoms with van der Waals surface area (Å²) in [6.07, 6.45) is 6.25. The van der Waals surface area contributed by atoms with Crippen LogP contribution in [0.1, 0.15) is 65.2 Å². The highest BCUT2D eigenvalue weighted by atomic mass is 16.1. The molecule has 104 valence electrons. The quantitative estimate of drug-likeness (QED) is 0.577. The molecule has 4 nitrogen and oxygen atoms in total. The lowest BCUT2D eigenvalue weighted by Crippen LogP contribution is -2.24. The molecule has 0 aromatic heterocycles. The molecule has 1 amide bonds. The predicted molar refractivity (Wildman–Crippen MR) is 71.3 cm³/mol. The van der Waals surface area contributed by atoms with Crippen LogP contribution < -0.4 is 5.32 Å². The third-order valence-corrected chi connectivity index (χ3v) is 2.71. The van der Waals surface area contributed by atoms with Crippen molar-refractivity contribution in [2.45, 2.75) is 65.2 Å². The summed E-state index contributed by atoms with van der Waals surface area (Å²) in [5, 5.41) is 2.80. The second kappa shape index (κ2) is 10.9. The number of rotatable bonds is 11. The van der Waals surface area contributed by atoms with Gasteiger partial charge >= 0.3 is 0 Å². The van der Waals surface area contributed by atoms with E-state index in [0.717, 1.165) is 32.1 Å². The summed E-state index contributed by atoms with van der Waals surface area (Å²) in [5.41, 5.74) is 0. The first-order chi connectivity index (χ1) is 8.52. The van der Waals surface area contributed by atoms with E-state index in [2.05, 4.69) is 5.32 Å². The van der Waals surface area contributed by atoms with Gasteiger partial charge in [-0.05, 0) is 33.1 Å². The third-order valence-electron chi connectivity index (χ3n) is 2.71. The number of nitrogens with one attached hydrogen (secondary N) is 1. The Kier molecular flexibility index (Phi) is 10.2. The Hall–Kier alpha value is -1.19. The summed E-state index contributed by atoms with van der Waals surface area (Å²) in [5.74, 6) is 0.457. The maximum atomic E-state index is 11.4. The van der Waals surface area contributed by atoms with Crippen molar-refractivity contribution in [1.82, 2.24) is 5.32 Å². The number of amides is 1. The van der Waals surface area contributed by atoms with Gasteiger partial charge in [0, 0.05) is 25.8 Å². The Morgan fingerprint density at radius 3 is 1.78 bits per heavy atom. The minimum atomic E-state index is 0.0603. The number of ketones is 2. The SMILES string of the molecule is CC(=O)CCCCCCC(=O)NCCCC(C)=O. The first-order valence-corrected chi connectivity index (χ1v) is 6.78. The molecule has 0 spiro atoms. The first kappa shape index (κ1) is 16.8. The smallest absolute Gasteiger partial charge is 0.219 e. The minimum absolute atomic E-state index is 0.0603. The average molecular weight is 255 g/mol. The zero-order valence-corrected chi connectivity index (χ0v) is 11.6. The number of unbranched alkanes of at least 4 members (excludes halogenated alkanes) is 3. The van der Waals surface area contributed by atoms with Crippen LogP contribution in [0.3, 0.4) is 0 Å². The van der Waals surface area contributed by atoms with Crippen molar-refractivity contribution < 1.29 is 14.4 Å². The molecule has 0 aliphatic carbocycles. The van der Waals surface area contributed by atoms with Crippen LogP contribution in [0, 0.1) is 0 Å². The monoisotopic (exact) mass is 255 g/mol. The molecule has 0 saturated heterocycles. The van der Waals surface area contributed by atoms with E-state index in [-0.39, 0.29) is 17.5 Å². The number of hydrogen-bond acceptors (Lipinski definition) is 3. The zero-order chi connectivity index (χ0) is 13.8. The fourth-order valence-electron chi connectivity index (χ4n) is 1.67. The number of carbonyl (C=O) groups excluding carboxylic acids is 3. The average Bonchev–Trinajstić information content (AvgIpc) is 2.28. The maximum absolute atomic E-state index is 11.4. The summed E-state index contributed by atoms with van der Waals surface area (Å²) in [6, 6.07) is 0. The van der Waals surface area contributed by atoms with Gasteiger partial charge < -0.3 is 14.9 Å². The zero-order valence-electron chi connectivity index (χ0n) is 11.6. The molecular formula is C14H25NO3. The van der Waals surface area contributed by atoms with Crippen molar-refractivity contribution in [2.24, 2.45) is 0 Å². The summed E-state index contributed by atoms with van der Waals surface area (Å²) >= 11 is 0. The number of Topliss-reactive ketones (excluding diaryl/α,β-unsaturated/α-hetero) is 2. The topological polar surface area (TPSA) is 63.2 Å². The van der Waals surface area contributed by atoms with Gasteiger partial charge in [0.2, 0.25) is 5.91 Å². The van der Waals surface area contributed by atoms with E-state index in [4.69, 9.17) is 0 Å². The summed E-state index contributed by atoms with van der Waals surface area (Å²) in [7, 11) is 0. The summed E-state index contributed by atoms with van der Waals surface area (Å²) in [6.45, 7) is 3.75. The molecule has 0 radical (unpaired) electrons. The molecule has 4 heteroatoms. The lowest BCUT2D eigenvalue weighted by Gasteiger charge is -2.04. The van der Waals surface area contributed by atoms with E-state index in [9.17, 15) is 14.4 Å². The summed E-state index contributed by atoms with van der Waals surface area (Å²) < 4.78 is 0. The maximum Gasteiger partial charge on any atom is 0.219 e. The van der Waals surface area contributed by atoms with Crippen LogP contribution in [-0.4, -0.2) is 24.0 Å². The Balaban J connectivity index is 3.26. The fourth-order valence-corrected chi connectivity index (χ4v) is 1.67. The van der Waals surface area contributed by atoms with Gasteiger partial charge in [0.1, 0.15) is 11.6 Å². The van der Waals surface area contributed by atoms with Gasteiger partial charge in [-0.25, -0.2) is 0 Å². The Bertz CT molecular complexity index is 274. The van der Waals surface area contributed by atoms with Crippen LogP contribution in [0.25, 0.3) is 0 Å². The largest absolute Gasteiger partial charge is 0.356 e. The van der Waals surface area contributed by atoms with Gasteiger partial charge in [-0.3, -0.25) is 4.79 Å². The van der Waals surface area contributed by atoms with Crippen molar-refractivity contribution in [3.05, 3.63) is 0 Å². The lowest BCUT2D eigenvalue weighted by atomic mass is 10.1. The molecule has 0 unspecified atom stereocenters. The van der Waals surface area contributed by atoms with Gasteiger partial charge in [0.15, 0.2) is 0 Å². The van der Waals surface area contributed by atoms with E-state index >= 15 is 0 Å². The lowest BCUT2D eigenvalue weighted by molar-refractivity contribution is -0.122. The predicted octanol–water partition coefficient (Wildman–Crippen LogP) is 2.40. The van der Waals surface area contributed by atoms with E-state index in [1.165, 1.54) is 0 Å². The van der Waals surface area contributed by atoms with Crippen LogP contribution in [0.5, 0.6) is 0 Å². The highest BCUT2D eigenvalue weighted by molar-refractivity contribution is 5.76. The molecule has 0 aliphatic heterocycles. The highest BCUT2D eigenvalue weighted by Crippen LogP contribution is 2.05. The number of hydrogen-bond donors (Lipinski definition) is 1. The molecule has 0 fully saturated rings. The molecule has 0 bridgehead atoms. The fraction of sp³-hybridized carbons (Fsp3) is 0.786. The van der Waals surface area contributed by atoms with Crippen LogP contribution in [0.15, 0.2) is 0 Å². The molecule has 0 aromatic rings. The molecule has 0 heterocycles. The third kappa shape index (κ3) is 12.9. The van der Waals surface area contributed by atoms with Crippen molar-refractivity contribution in [3.63, 3.8) is 0 Å². The molecule has 0 atom stereocenters. The van der Waals surface area contributed by atoms with E-state index in [0.29, 0.717) is 25.8 Å². The van der Waals surface area contributed by atoms with E-state index in [1.807, 2.05) is 0 Å². The van der Waals surface area contributed by atoms with Crippen LogP contribution >= 0.6 is 0 Å². The van der Waals surface area contributed by atoms with Gasteiger partial charge in [0.05, 0.1) is 0 Å². The van der Waals surface area contributed by atoms with Crippen molar-refractivity contribution >= 4 is 17.5 Å². The van der Waals surface area contributed by atoms with Gasteiger partial charge in [-0.2, -0.15) is 0 Å². The second-order valence-electron chi connectivity index (χ2n) is 4.77. The molecule has 0 rings (SSSR count). The Morgan fingerprint density at radius 2 is 1.22 bits per heavy atom. The Morgan fingerprint density at radius 1 is 0.722 bits per heavy atom. The van der Waals surface area contributed by atoms with E-state index in [1.54, 1.807) is 13.8 Å². The van der Waals surface area contributed by atoms with Crippen LogP contribution in [0.2, 0.25) is 0 Å². The molecule has 0 saturated carbocycles. The standard InChI is InChI=1S/C14H25NO3/c1-12(16)8-5-3-4-6-10-14(18)15-11-7-9-13(2)17/h3-11H2,1-2H3,(H,15,18). The molecular weight excluding hydrogens is 230 g/mol. The number of carbonyl (C=O) groups is 3. The Labute approximate surface area is 110 Å². The molecule has 0 aromatic carbocycles. The molecule has 18 heavy (non-hydrogen) atoms. The highest BCUT2D eigenvalue weighted by Gasteiger charge is 2.01. The molecule has 0 aliphatic rings. The van der Waals surface area contributed by atoms with Crippen LogP contribution in [-0.2, 0) is 14.4 Å². The van der Waals surface area contributed by atoms with Crippen LogP contribution in [0.4, 0.5) is 0 Å². The van der Waals surface area contributed by atoms with Crippen molar-refractivity contribution in [3.8, 4) is 0 Å². The molecule has 1 N–H and O–H groups in total. The summed E-state index contributed by atoms with van der Waals surface area (Å²) in [4.78, 5) is 32.7. The second-order valence-corrected chi connectivity index (χ2v) is 4.77. The van der Waals surface area contributed by atoms with Gasteiger partial charge in [-0.15, -0.1) is 0 Å². The normalized spacial score (nSPS) is 10.1. The van der Waals surface area contributed by atoms with Crippen molar-refractivity contribution in [1.29, 1.82) is 0 Å². The van der Waals surface area contributed by atoms with Gasteiger partial charge in [0.25, 0.3) is 0 Å². The van der Waals surface area contributed by atoms with E-state index < -0.39 is 0 Å². The first-order valence-electron chi connectivity index (χ1n) is 6.78. The van der Waals surface area contributed by atoms with Crippen molar-refractivity contribution in [2.75, 3.05) is 6.54 Å².